The van der Waals surface area contributed by atoms with E-state index in [0.717, 1.165) is 14.8 Å². The first-order valence-electron chi connectivity index (χ1n) is 10.4. The van der Waals surface area contributed by atoms with Gasteiger partial charge in [0.05, 0.1) is 12.4 Å². The molecule has 0 aliphatic rings. The molecule has 0 fully saturated rings. The van der Waals surface area contributed by atoms with Crippen molar-refractivity contribution in [2.24, 2.45) is 7.05 Å². The van der Waals surface area contributed by atoms with Crippen molar-refractivity contribution in [3.8, 4) is 0 Å². The summed E-state index contributed by atoms with van der Waals surface area (Å²) in [4.78, 5) is 25.0. The van der Waals surface area contributed by atoms with Gasteiger partial charge in [-0.2, -0.15) is 0 Å². The molecule has 2 amide bonds. The largest absolute Gasteiger partial charge is 0.394 e. The van der Waals surface area contributed by atoms with Crippen molar-refractivity contribution in [1.82, 2.24) is 20.1 Å². The number of nitrogens with zero attached hydrogens (tertiary/aromatic N) is 3. The lowest BCUT2D eigenvalue weighted by atomic mass is 10.0. The van der Waals surface area contributed by atoms with Gasteiger partial charge in [0.15, 0.2) is 11.0 Å². The number of thioether (sulfide) groups is 1. The Labute approximate surface area is 210 Å². The normalized spacial score (nSPS) is 11.9. The maximum absolute atomic E-state index is 12.6. The number of aliphatic hydroxyl groups is 1. The summed E-state index contributed by atoms with van der Waals surface area (Å²) in [5.41, 5.74) is 2.38. The number of amides is 2. The Morgan fingerprint density at radius 1 is 1.15 bits per heavy atom. The minimum Gasteiger partial charge on any atom is -0.394 e. The highest BCUT2D eigenvalue weighted by molar-refractivity contribution is 14.1. The van der Waals surface area contributed by atoms with Gasteiger partial charge in [-0.25, -0.2) is 0 Å². The van der Waals surface area contributed by atoms with Crippen LogP contribution in [-0.2, 0) is 11.8 Å². The van der Waals surface area contributed by atoms with E-state index >= 15 is 0 Å². The smallest absolute Gasteiger partial charge is 0.251 e. The minimum atomic E-state index is -0.723. The summed E-state index contributed by atoms with van der Waals surface area (Å²) in [6.07, 6.45) is 0. The van der Waals surface area contributed by atoms with Gasteiger partial charge in [0, 0.05) is 21.9 Å². The number of rotatable bonds is 9. The number of nitrogens with one attached hydrogen (secondary N) is 2. The molecule has 0 saturated carbocycles. The molecule has 0 aliphatic carbocycles. The van der Waals surface area contributed by atoms with Crippen LogP contribution in [0.25, 0.3) is 0 Å². The summed E-state index contributed by atoms with van der Waals surface area (Å²) >= 11 is 3.50. The van der Waals surface area contributed by atoms with Crippen LogP contribution in [0.4, 0.5) is 5.69 Å². The summed E-state index contributed by atoms with van der Waals surface area (Å²) < 4.78 is 2.79. The van der Waals surface area contributed by atoms with Gasteiger partial charge in [-0.1, -0.05) is 43.8 Å². The Morgan fingerprint density at radius 2 is 1.88 bits per heavy atom. The Kier molecular flexibility index (Phi) is 8.87. The summed E-state index contributed by atoms with van der Waals surface area (Å²) in [6.45, 7) is 3.84. The van der Waals surface area contributed by atoms with Crippen LogP contribution in [0, 0.1) is 3.57 Å². The number of anilines is 1. The third kappa shape index (κ3) is 6.55. The van der Waals surface area contributed by atoms with Gasteiger partial charge in [-0.15, -0.1) is 10.2 Å². The molecule has 10 heteroatoms. The first-order chi connectivity index (χ1) is 15.8. The van der Waals surface area contributed by atoms with Gasteiger partial charge in [0.2, 0.25) is 5.91 Å². The first-order valence-corrected chi connectivity index (χ1v) is 12.4. The van der Waals surface area contributed by atoms with E-state index in [1.807, 2.05) is 18.2 Å². The molecular formula is C23H26IN5O3S. The zero-order valence-electron chi connectivity index (χ0n) is 18.6. The van der Waals surface area contributed by atoms with E-state index in [1.165, 1.54) is 11.8 Å². The van der Waals surface area contributed by atoms with Crippen LogP contribution < -0.4 is 10.6 Å². The van der Waals surface area contributed by atoms with E-state index in [0.29, 0.717) is 16.5 Å². The number of carbonyl (C=O) groups is 2. The second-order valence-electron chi connectivity index (χ2n) is 7.70. The van der Waals surface area contributed by atoms with E-state index in [1.54, 1.807) is 35.9 Å². The fourth-order valence-corrected chi connectivity index (χ4v) is 4.45. The van der Waals surface area contributed by atoms with Crippen LogP contribution in [0.15, 0.2) is 53.7 Å². The van der Waals surface area contributed by atoms with Gasteiger partial charge in [0.1, 0.15) is 6.04 Å². The molecule has 1 heterocycles. The summed E-state index contributed by atoms with van der Waals surface area (Å²) in [7, 11) is 1.74. The highest BCUT2D eigenvalue weighted by Crippen LogP contribution is 2.27. The molecule has 0 radical (unpaired) electrons. The number of aliphatic hydroxyl groups excluding tert-OH is 1. The lowest BCUT2D eigenvalue weighted by Gasteiger charge is -2.16. The molecule has 0 aliphatic heterocycles. The van der Waals surface area contributed by atoms with Crippen molar-refractivity contribution >= 4 is 51.9 Å². The van der Waals surface area contributed by atoms with Crippen LogP contribution in [0.5, 0.6) is 0 Å². The Balaban J connectivity index is 1.63. The van der Waals surface area contributed by atoms with E-state index in [-0.39, 0.29) is 30.1 Å². The topological polar surface area (TPSA) is 109 Å². The van der Waals surface area contributed by atoms with Crippen molar-refractivity contribution in [2.75, 3.05) is 17.7 Å². The number of hydrogen-bond acceptors (Lipinski definition) is 6. The third-order valence-electron chi connectivity index (χ3n) is 4.95. The second-order valence-corrected chi connectivity index (χ2v) is 9.89. The van der Waals surface area contributed by atoms with Crippen molar-refractivity contribution in [3.63, 3.8) is 0 Å². The summed E-state index contributed by atoms with van der Waals surface area (Å²) in [6, 6.07) is 14.0. The summed E-state index contributed by atoms with van der Waals surface area (Å²) in [5, 5.41) is 24.3. The predicted molar refractivity (Wildman–Crippen MR) is 137 cm³/mol. The lowest BCUT2D eigenvalue weighted by molar-refractivity contribution is -0.113. The third-order valence-corrected chi connectivity index (χ3v) is 6.64. The van der Waals surface area contributed by atoms with Crippen molar-refractivity contribution < 1.29 is 14.7 Å². The molecule has 8 nitrogen and oxygen atoms in total. The van der Waals surface area contributed by atoms with E-state index < -0.39 is 6.04 Å². The highest BCUT2D eigenvalue weighted by atomic mass is 127. The standard InChI is InChI=1S/C23H26IN5O3S/c1-14(2)17-11-16(24)9-10-18(17)25-20(31)13-33-23-28-27-21(29(23)3)19(12-30)26-22(32)15-7-5-4-6-8-15/h4-11,14,19,30H,12-13H2,1-3H3,(H,25,31)(H,26,32). The first kappa shape index (κ1) is 25.2. The summed E-state index contributed by atoms with van der Waals surface area (Å²) in [5.74, 6) is 0.374. The van der Waals surface area contributed by atoms with E-state index in [2.05, 4.69) is 63.3 Å². The van der Waals surface area contributed by atoms with Gasteiger partial charge in [-0.05, 0) is 64.4 Å². The highest BCUT2D eigenvalue weighted by Gasteiger charge is 2.22. The number of benzene rings is 2. The fraction of sp³-hybridized carbons (Fsp3) is 0.304. The quantitative estimate of drug-likeness (QED) is 0.263. The van der Waals surface area contributed by atoms with Gasteiger partial charge in [-0.3, -0.25) is 9.59 Å². The number of aromatic nitrogens is 3. The molecule has 0 bridgehead atoms. The Morgan fingerprint density at radius 3 is 2.55 bits per heavy atom. The number of hydrogen-bond donors (Lipinski definition) is 3. The zero-order chi connectivity index (χ0) is 24.0. The molecule has 3 aromatic rings. The van der Waals surface area contributed by atoms with Crippen molar-refractivity contribution in [2.45, 2.75) is 31.0 Å². The molecule has 0 spiro atoms. The van der Waals surface area contributed by atoms with Gasteiger partial charge < -0.3 is 20.3 Å². The van der Waals surface area contributed by atoms with Crippen molar-refractivity contribution in [1.29, 1.82) is 0 Å². The molecule has 3 rings (SSSR count). The van der Waals surface area contributed by atoms with E-state index in [9.17, 15) is 14.7 Å². The molecule has 3 N–H and O–H groups in total. The molecule has 174 valence electrons. The molecule has 1 unspecified atom stereocenters. The predicted octanol–water partition coefficient (Wildman–Crippen LogP) is 3.74. The van der Waals surface area contributed by atoms with Crippen LogP contribution >= 0.6 is 34.4 Å². The molecule has 0 saturated heterocycles. The maximum atomic E-state index is 12.6. The second kappa shape index (κ2) is 11.6. The van der Waals surface area contributed by atoms with Gasteiger partial charge >= 0.3 is 0 Å². The Bertz CT molecular complexity index is 1120. The van der Waals surface area contributed by atoms with E-state index in [4.69, 9.17) is 0 Å². The molecular weight excluding hydrogens is 553 g/mol. The Hall–Kier alpha value is -2.44. The van der Waals surface area contributed by atoms with Crippen LogP contribution in [0.2, 0.25) is 0 Å². The SMILES string of the molecule is CC(C)c1cc(I)ccc1NC(=O)CSc1nnc(C(CO)NC(=O)c2ccccc2)n1C. The minimum absolute atomic E-state index is 0.148. The lowest BCUT2D eigenvalue weighted by Crippen LogP contribution is -2.32. The molecule has 1 atom stereocenters. The zero-order valence-corrected chi connectivity index (χ0v) is 21.6. The monoisotopic (exact) mass is 579 g/mol. The number of carbonyl (C=O) groups excluding carboxylic acids is 2. The van der Waals surface area contributed by atoms with Crippen LogP contribution in [0.3, 0.4) is 0 Å². The molecule has 33 heavy (non-hydrogen) atoms. The molecule has 2 aromatic carbocycles. The van der Waals surface area contributed by atoms with Gasteiger partial charge in [0.25, 0.3) is 5.91 Å². The fourth-order valence-electron chi connectivity index (χ4n) is 3.22. The molecule has 1 aromatic heterocycles. The number of halogens is 1. The van der Waals surface area contributed by atoms with Crippen molar-refractivity contribution in [3.05, 3.63) is 69.1 Å². The maximum Gasteiger partial charge on any atom is 0.251 e. The van der Waals surface area contributed by atoms with Crippen LogP contribution in [0.1, 0.15) is 47.6 Å². The van der Waals surface area contributed by atoms with Crippen LogP contribution in [-0.4, -0.2) is 44.0 Å². The average Bonchev–Trinajstić information content (AvgIpc) is 3.17. The average molecular weight is 579 g/mol.